The molecule has 0 fully saturated rings. The molecule has 3 aromatic carbocycles. The van der Waals surface area contributed by atoms with E-state index in [2.05, 4.69) is 25.3 Å². The number of aromatic amines is 1. The van der Waals surface area contributed by atoms with Crippen LogP contribution < -0.4 is 28.4 Å². The first kappa shape index (κ1) is 38.6. The van der Waals surface area contributed by atoms with Crippen molar-refractivity contribution in [3.05, 3.63) is 100.0 Å². The highest BCUT2D eigenvalue weighted by Gasteiger charge is 2.24. The Bertz CT molecular complexity index is 2320. The van der Waals surface area contributed by atoms with Crippen LogP contribution in [0.2, 0.25) is 0 Å². The maximum Gasteiger partial charge on any atom is 0.343 e. The number of nitrogens with one attached hydrogen (secondary N) is 4. The van der Waals surface area contributed by atoms with Gasteiger partial charge in [0.15, 0.2) is 17.7 Å². The zero-order valence-corrected chi connectivity index (χ0v) is 31.6. The molecule has 2 aromatic heterocycles. The Morgan fingerprint density at radius 2 is 1.60 bits per heavy atom. The zero-order valence-electron chi connectivity index (χ0n) is 30.0. The first-order valence-electron chi connectivity index (χ1n) is 16.3. The fraction of sp³-hybridized carbons (Fsp3) is 0.286. The topological polar surface area (TPSA) is 212 Å². The number of benzene rings is 3. The van der Waals surface area contributed by atoms with E-state index in [1.807, 2.05) is 43.7 Å². The minimum Gasteiger partial charge on any atom is -0.481 e. The van der Waals surface area contributed by atoms with E-state index in [0.717, 1.165) is 17.4 Å². The zero-order chi connectivity index (χ0) is 38.6. The minimum atomic E-state index is -3.75. The molecule has 0 aliphatic rings. The van der Waals surface area contributed by atoms with E-state index in [-0.39, 0.29) is 40.9 Å². The number of ether oxygens (including phenoxy) is 2. The number of aromatic nitrogens is 4. The smallest absolute Gasteiger partial charge is 0.343 e. The summed E-state index contributed by atoms with van der Waals surface area (Å²) in [5, 5.41) is 14.3. The molecule has 0 aliphatic heterocycles. The van der Waals surface area contributed by atoms with E-state index in [0.29, 0.717) is 34.3 Å². The second kappa shape index (κ2) is 16.0. The monoisotopic (exact) mass is 765 g/mol. The van der Waals surface area contributed by atoms with Crippen LogP contribution in [-0.2, 0) is 26.1 Å². The molecule has 280 valence electrons. The van der Waals surface area contributed by atoms with Gasteiger partial charge in [0.2, 0.25) is 15.7 Å². The molecule has 2 heterocycles. The van der Waals surface area contributed by atoms with Crippen molar-refractivity contribution in [1.29, 1.82) is 0 Å². The van der Waals surface area contributed by atoms with Gasteiger partial charge in [-0.2, -0.15) is 4.21 Å². The van der Waals surface area contributed by atoms with E-state index in [1.165, 1.54) is 24.3 Å². The van der Waals surface area contributed by atoms with Crippen LogP contribution in [0.3, 0.4) is 0 Å². The lowest BCUT2D eigenvalue weighted by atomic mass is 10.1. The second-order valence-corrected chi connectivity index (χ2v) is 15.2. The maximum absolute atomic E-state index is 13.0. The summed E-state index contributed by atoms with van der Waals surface area (Å²) < 4.78 is 59.0. The molecule has 5 rings (SSSR count). The van der Waals surface area contributed by atoms with Gasteiger partial charge in [0.1, 0.15) is 11.5 Å². The summed E-state index contributed by atoms with van der Waals surface area (Å²) in [5.74, 6) is -0.785. The van der Waals surface area contributed by atoms with E-state index in [1.54, 1.807) is 43.5 Å². The van der Waals surface area contributed by atoms with Crippen LogP contribution in [0, 0.1) is 27.7 Å². The minimum absolute atomic E-state index is 0.0424. The van der Waals surface area contributed by atoms with Gasteiger partial charge in [0.25, 0.3) is 23.1 Å². The van der Waals surface area contributed by atoms with Crippen LogP contribution in [0.15, 0.2) is 60.7 Å². The molecule has 0 bridgehead atoms. The SMILES string of the molecule is Cc1ccc(OC(C)C(=O)Nc2ccc(C)c(OS(=O)NCC(C)c3nnc4c(OC(=O)c5ccc(C(=O)NS(C)(=O)=O)cc5)c(C)[nH]n34)c2)c(C)c1. The van der Waals surface area contributed by atoms with Gasteiger partial charge in [-0.15, -0.1) is 10.2 Å². The number of esters is 1. The number of carbonyl (C=O) groups is 3. The van der Waals surface area contributed by atoms with Crippen LogP contribution in [0.1, 0.15) is 68.7 Å². The lowest BCUT2D eigenvalue weighted by molar-refractivity contribution is -0.122. The van der Waals surface area contributed by atoms with Crippen molar-refractivity contribution >= 4 is 50.4 Å². The summed E-state index contributed by atoms with van der Waals surface area (Å²) in [6, 6.07) is 16.0. The Hall–Kier alpha value is -5.59. The average molecular weight is 766 g/mol. The number of carbonyl (C=O) groups excluding carboxylic acids is 3. The van der Waals surface area contributed by atoms with Crippen molar-refractivity contribution < 1.29 is 40.7 Å². The number of nitrogens with zero attached hydrogens (tertiary/aromatic N) is 3. The number of H-pyrrole nitrogens is 1. The van der Waals surface area contributed by atoms with Crippen molar-refractivity contribution in [2.75, 3.05) is 18.1 Å². The molecule has 53 heavy (non-hydrogen) atoms. The molecule has 0 aliphatic carbocycles. The van der Waals surface area contributed by atoms with Crippen molar-refractivity contribution in [3.8, 4) is 17.2 Å². The lowest BCUT2D eigenvalue weighted by Gasteiger charge is -2.17. The average Bonchev–Trinajstić information content (AvgIpc) is 3.64. The van der Waals surface area contributed by atoms with Gasteiger partial charge in [-0.05, 0) is 82.1 Å². The number of sulfonamides is 1. The molecule has 18 heteroatoms. The predicted octanol–water partition coefficient (Wildman–Crippen LogP) is 3.96. The first-order valence-corrected chi connectivity index (χ1v) is 19.2. The summed E-state index contributed by atoms with van der Waals surface area (Å²) in [7, 11) is -3.75. The number of fused-ring (bicyclic) bond motifs is 1. The fourth-order valence-corrected chi connectivity index (χ4v) is 6.34. The Balaban J connectivity index is 1.17. The Labute approximate surface area is 308 Å². The lowest BCUT2D eigenvalue weighted by Crippen LogP contribution is -2.30. The highest BCUT2D eigenvalue weighted by atomic mass is 32.2. The highest BCUT2D eigenvalue weighted by molar-refractivity contribution is 7.89. The third kappa shape index (κ3) is 9.65. The van der Waals surface area contributed by atoms with Crippen LogP contribution in [0.25, 0.3) is 5.65 Å². The quantitative estimate of drug-likeness (QED) is 0.119. The van der Waals surface area contributed by atoms with E-state index < -0.39 is 39.3 Å². The molecule has 3 atom stereocenters. The third-order valence-corrected chi connectivity index (χ3v) is 9.23. The van der Waals surface area contributed by atoms with Crippen molar-refractivity contribution in [1.82, 2.24) is 29.3 Å². The van der Waals surface area contributed by atoms with Gasteiger partial charge < -0.3 is 19.0 Å². The van der Waals surface area contributed by atoms with Gasteiger partial charge in [0.05, 0.1) is 17.5 Å². The van der Waals surface area contributed by atoms with Gasteiger partial charge in [-0.3, -0.25) is 14.7 Å². The van der Waals surface area contributed by atoms with E-state index in [4.69, 9.17) is 13.7 Å². The first-order chi connectivity index (χ1) is 25.0. The van der Waals surface area contributed by atoms with Gasteiger partial charge in [-0.25, -0.2) is 27.2 Å². The number of hydrogen-bond acceptors (Lipinski definition) is 11. The van der Waals surface area contributed by atoms with Crippen LogP contribution >= 0.6 is 0 Å². The third-order valence-electron chi connectivity index (χ3n) is 7.94. The summed E-state index contributed by atoms with van der Waals surface area (Å²) in [5.41, 5.74) is 4.02. The van der Waals surface area contributed by atoms with Crippen LogP contribution in [-0.4, -0.2) is 69.1 Å². The Morgan fingerprint density at radius 1 is 0.906 bits per heavy atom. The summed E-state index contributed by atoms with van der Waals surface area (Å²) in [6.45, 7) is 11.0. The number of aryl methyl sites for hydroxylation is 4. The normalized spacial score (nSPS) is 13.2. The van der Waals surface area contributed by atoms with Gasteiger partial charge in [0, 0.05) is 29.8 Å². The Morgan fingerprint density at radius 3 is 2.28 bits per heavy atom. The van der Waals surface area contributed by atoms with Crippen LogP contribution in [0.5, 0.6) is 17.2 Å². The number of amides is 2. The maximum atomic E-state index is 13.0. The largest absolute Gasteiger partial charge is 0.481 e. The molecular weight excluding hydrogens is 727 g/mol. The van der Waals surface area contributed by atoms with Crippen molar-refractivity contribution in [2.45, 2.75) is 53.6 Å². The van der Waals surface area contributed by atoms with Crippen molar-refractivity contribution in [3.63, 3.8) is 0 Å². The second-order valence-electron chi connectivity index (χ2n) is 12.5. The highest BCUT2D eigenvalue weighted by Crippen LogP contribution is 2.28. The van der Waals surface area contributed by atoms with Gasteiger partial charge >= 0.3 is 5.97 Å². The van der Waals surface area contributed by atoms with E-state index >= 15 is 0 Å². The van der Waals surface area contributed by atoms with Crippen LogP contribution in [0.4, 0.5) is 5.69 Å². The number of hydrogen-bond donors (Lipinski definition) is 4. The molecule has 0 saturated heterocycles. The molecule has 0 radical (unpaired) electrons. The molecule has 2 amide bonds. The van der Waals surface area contributed by atoms with Crippen molar-refractivity contribution in [2.24, 2.45) is 0 Å². The molecule has 0 saturated carbocycles. The number of anilines is 1. The molecule has 5 aromatic rings. The molecule has 4 N–H and O–H groups in total. The molecule has 16 nitrogen and oxygen atoms in total. The predicted molar refractivity (Wildman–Crippen MR) is 197 cm³/mol. The number of rotatable bonds is 14. The standard InChI is InChI=1S/C35H39N7O9S2/c1-19-8-15-28(21(3)16-19)49-24(6)33(43)37-27-14-9-20(2)29(17-27)51-52(46)36-18-22(4)31-38-39-32-30(23(5)40-42(31)32)50-35(45)26-12-10-25(11-13-26)34(44)41-53(7,47)48/h8-17,22,24,36,40H,18H2,1-7H3,(H,37,43)(H,41,44). The summed E-state index contributed by atoms with van der Waals surface area (Å²) in [4.78, 5) is 37.9. The summed E-state index contributed by atoms with van der Waals surface area (Å²) >= 11 is -1.98. The summed E-state index contributed by atoms with van der Waals surface area (Å²) in [6.07, 6.45) is 0.0812. The molecule has 0 spiro atoms. The fourth-order valence-electron chi connectivity index (χ4n) is 5.10. The molecule has 3 unspecified atom stereocenters. The van der Waals surface area contributed by atoms with E-state index in [9.17, 15) is 27.0 Å². The van der Waals surface area contributed by atoms with Gasteiger partial charge in [-0.1, -0.05) is 30.7 Å². The molecular formula is C35H39N7O9S2. The Kier molecular flexibility index (Phi) is 11.6.